The molecule has 0 radical (unpaired) electrons. The van der Waals surface area contributed by atoms with Crippen molar-refractivity contribution in [3.05, 3.63) is 50.7 Å². The normalized spacial score (nSPS) is 25.3. The van der Waals surface area contributed by atoms with E-state index in [0.717, 1.165) is 10.6 Å². The van der Waals surface area contributed by atoms with Gasteiger partial charge in [0.2, 0.25) is 0 Å². The smallest absolute Gasteiger partial charge is 0.336 e. The maximum atomic E-state index is 11.3. The summed E-state index contributed by atoms with van der Waals surface area (Å²) in [5, 5.41) is 11.0. The Hall–Kier alpha value is -1.81. The lowest BCUT2D eigenvalue weighted by Gasteiger charge is -2.42. The third-order valence-corrected chi connectivity index (χ3v) is 7.65. The summed E-state index contributed by atoms with van der Waals surface area (Å²) < 4.78 is 6.13. The maximum absolute atomic E-state index is 11.3. The van der Waals surface area contributed by atoms with Crippen LogP contribution in [-0.4, -0.2) is 17.7 Å². The van der Waals surface area contributed by atoms with E-state index < -0.39 is 5.97 Å². The lowest BCUT2D eigenvalue weighted by atomic mass is 9.62. The van der Waals surface area contributed by atoms with E-state index in [1.807, 2.05) is 0 Å². The van der Waals surface area contributed by atoms with Crippen LogP contribution < -0.4 is 4.74 Å². The van der Waals surface area contributed by atoms with Gasteiger partial charge in [-0.2, -0.15) is 0 Å². The van der Waals surface area contributed by atoms with Crippen LogP contribution in [0.3, 0.4) is 0 Å². The van der Waals surface area contributed by atoms with E-state index in [-0.39, 0.29) is 16.2 Å². The zero-order valence-corrected chi connectivity index (χ0v) is 16.9. The molecule has 1 N–H and O–H groups in total. The molecule has 0 amide bonds. The summed E-state index contributed by atoms with van der Waals surface area (Å²) in [4.78, 5) is 12.4. The molecule has 2 aliphatic rings. The van der Waals surface area contributed by atoms with Gasteiger partial charge in [-0.05, 0) is 53.9 Å². The molecule has 2 aromatic rings. The number of aromatic carboxylic acids is 1. The highest BCUT2D eigenvalue weighted by Gasteiger charge is 2.44. The molecular formula is C22H26O3S. The molecule has 0 saturated heterocycles. The second-order valence-electron chi connectivity index (χ2n) is 9.29. The van der Waals surface area contributed by atoms with E-state index in [2.05, 4.69) is 46.8 Å². The third kappa shape index (κ3) is 2.42. The number of benzene rings is 1. The van der Waals surface area contributed by atoms with Crippen LogP contribution >= 0.6 is 11.3 Å². The van der Waals surface area contributed by atoms with Crippen molar-refractivity contribution >= 4 is 17.3 Å². The number of ether oxygens (including phenoxy) is 1. The SMILES string of the molecule is CC1(C)CCC(C)(C)c2cc3c(cc21)OCC3(C)c1cc(C(=O)O)cs1. The van der Waals surface area contributed by atoms with E-state index in [0.29, 0.717) is 12.2 Å². The number of carboxylic acid groups (broad SMARTS) is 1. The van der Waals surface area contributed by atoms with Crippen molar-refractivity contribution in [3.8, 4) is 5.75 Å². The van der Waals surface area contributed by atoms with Crippen LogP contribution in [0.15, 0.2) is 23.6 Å². The van der Waals surface area contributed by atoms with E-state index in [9.17, 15) is 9.90 Å². The first kappa shape index (κ1) is 17.6. The third-order valence-electron chi connectivity index (χ3n) is 6.45. The van der Waals surface area contributed by atoms with Crippen molar-refractivity contribution in [2.75, 3.05) is 6.61 Å². The molecule has 0 fully saturated rings. The van der Waals surface area contributed by atoms with Crippen molar-refractivity contribution in [2.24, 2.45) is 0 Å². The van der Waals surface area contributed by atoms with Gasteiger partial charge in [-0.25, -0.2) is 4.79 Å². The number of hydrogen-bond donors (Lipinski definition) is 1. The Labute approximate surface area is 159 Å². The Balaban J connectivity index is 1.88. The van der Waals surface area contributed by atoms with Crippen LogP contribution in [0, 0.1) is 0 Å². The van der Waals surface area contributed by atoms with Crippen molar-refractivity contribution in [3.63, 3.8) is 0 Å². The predicted octanol–water partition coefficient (Wildman–Crippen LogP) is 5.49. The standard InChI is InChI=1S/C22H26O3S/c1-20(2)6-7-21(3,4)15-10-17-16(9-14(15)20)22(5,12-25-17)18-8-13(11-26-18)19(23)24/h8-11H,6-7,12H2,1-5H3,(H,23,24). The molecule has 1 atom stereocenters. The Morgan fingerprint density at radius 3 is 2.19 bits per heavy atom. The van der Waals surface area contributed by atoms with E-state index in [4.69, 9.17) is 4.74 Å². The zero-order valence-electron chi connectivity index (χ0n) is 16.1. The minimum absolute atomic E-state index is 0.144. The second-order valence-corrected chi connectivity index (χ2v) is 10.2. The Morgan fingerprint density at radius 1 is 1.00 bits per heavy atom. The Kier molecular flexibility index (Phi) is 3.62. The highest BCUT2D eigenvalue weighted by atomic mass is 32.1. The summed E-state index contributed by atoms with van der Waals surface area (Å²) in [6.07, 6.45) is 2.35. The number of fused-ring (bicyclic) bond motifs is 2. The number of carbonyl (C=O) groups is 1. The molecule has 0 bridgehead atoms. The lowest BCUT2D eigenvalue weighted by molar-refractivity contribution is 0.0697. The fourth-order valence-electron chi connectivity index (χ4n) is 4.39. The minimum Gasteiger partial charge on any atom is -0.492 e. The first-order valence-corrected chi connectivity index (χ1v) is 10.1. The second kappa shape index (κ2) is 5.35. The quantitative estimate of drug-likeness (QED) is 0.760. The summed E-state index contributed by atoms with van der Waals surface area (Å²) >= 11 is 1.51. The van der Waals surface area contributed by atoms with Crippen LogP contribution in [0.2, 0.25) is 0 Å². The number of rotatable bonds is 2. The molecule has 1 aromatic heterocycles. The molecule has 138 valence electrons. The van der Waals surface area contributed by atoms with Gasteiger partial charge >= 0.3 is 5.97 Å². The molecule has 4 heteroatoms. The van der Waals surface area contributed by atoms with Crippen LogP contribution in [0.1, 0.15) is 79.4 Å². The van der Waals surface area contributed by atoms with Crippen LogP contribution in [0.5, 0.6) is 5.75 Å². The van der Waals surface area contributed by atoms with Gasteiger partial charge in [0.15, 0.2) is 0 Å². The zero-order chi connectivity index (χ0) is 18.9. The van der Waals surface area contributed by atoms with E-state index >= 15 is 0 Å². The number of carboxylic acids is 1. The Bertz CT molecular complexity index is 906. The fraction of sp³-hybridized carbons (Fsp3) is 0.500. The van der Waals surface area contributed by atoms with Gasteiger partial charge in [-0.3, -0.25) is 0 Å². The summed E-state index contributed by atoms with van der Waals surface area (Å²) in [5.74, 6) is 0.0888. The van der Waals surface area contributed by atoms with Gasteiger partial charge in [0.05, 0.1) is 11.0 Å². The van der Waals surface area contributed by atoms with Crippen molar-refractivity contribution < 1.29 is 14.6 Å². The van der Waals surface area contributed by atoms with Gasteiger partial charge in [0.1, 0.15) is 12.4 Å². The first-order valence-electron chi connectivity index (χ1n) is 9.19. The van der Waals surface area contributed by atoms with Gasteiger partial charge in [-0.1, -0.05) is 33.8 Å². The molecule has 0 saturated carbocycles. The van der Waals surface area contributed by atoms with E-state index in [1.165, 1.54) is 40.9 Å². The summed E-state index contributed by atoms with van der Waals surface area (Å²) in [6.45, 7) is 12.0. The molecule has 1 unspecified atom stereocenters. The topological polar surface area (TPSA) is 46.5 Å². The monoisotopic (exact) mass is 370 g/mol. The van der Waals surface area contributed by atoms with Crippen molar-refractivity contribution in [1.82, 2.24) is 0 Å². The van der Waals surface area contributed by atoms with Crippen molar-refractivity contribution in [2.45, 2.75) is 63.7 Å². The fourth-order valence-corrected chi connectivity index (χ4v) is 5.43. The van der Waals surface area contributed by atoms with Gasteiger partial charge in [0, 0.05) is 15.8 Å². The minimum atomic E-state index is -0.872. The average Bonchev–Trinajstić information content (AvgIpc) is 3.18. The molecule has 1 aliphatic carbocycles. The average molecular weight is 371 g/mol. The predicted molar refractivity (Wildman–Crippen MR) is 105 cm³/mol. The first-order chi connectivity index (χ1) is 12.0. The Morgan fingerprint density at radius 2 is 1.62 bits per heavy atom. The van der Waals surface area contributed by atoms with Crippen molar-refractivity contribution in [1.29, 1.82) is 0 Å². The molecule has 0 spiro atoms. The largest absolute Gasteiger partial charge is 0.492 e. The molecule has 1 aliphatic heterocycles. The molecule has 2 heterocycles. The number of thiophene rings is 1. The molecule has 1 aromatic carbocycles. The summed E-state index contributed by atoms with van der Waals surface area (Å²) in [5.41, 5.74) is 4.38. The maximum Gasteiger partial charge on any atom is 0.336 e. The summed E-state index contributed by atoms with van der Waals surface area (Å²) in [6, 6.07) is 6.40. The number of hydrogen-bond acceptors (Lipinski definition) is 3. The highest BCUT2D eigenvalue weighted by molar-refractivity contribution is 7.10. The van der Waals surface area contributed by atoms with Gasteiger partial charge in [-0.15, -0.1) is 11.3 Å². The molecular weight excluding hydrogens is 344 g/mol. The van der Waals surface area contributed by atoms with E-state index in [1.54, 1.807) is 11.4 Å². The lowest BCUT2D eigenvalue weighted by Crippen LogP contribution is -2.34. The molecule has 3 nitrogen and oxygen atoms in total. The summed E-state index contributed by atoms with van der Waals surface area (Å²) in [7, 11) is 0. The molecule has 4 rings (SSSR count). The highest BCUT2D eigenvalue weighted by Crippen LogP contribution is 2.52. The van der Waals surface area contributed by atoms with Crippen LogP contribution in [-0.2, 0) is 16.2 Å². The van der Waals surface area contributed by atoms with Crippen LogP contribution in [0.25, 0.3) is 0 Å². The molecule has 26 heavy (non-hydrogen) atoms. The van der Waals surface area contributed by atoms with Gasteiger partial charge < -0.3 is 9.84 Å². The van der Waals surface area contributed by atoms with Gasteiger partial charge in [0.25, 0.3) is 0 Å². The van der Waals surface area contributed by atoms with Crippen LogP contribution in [0.4, 0.5) is 0 Å².